The molecule has 6 heteroatoms. The molecule has 0 aromatic heterocycles. The van der Waals surface area contributed by atoms with Gasteiger partial charge in [-0.15, -0.1) is 0 Å². The van der Waals surface area contributed by atoms with Crippen molar-refractivity contribution < 1.29 is 28.6 Å². The number of esters is 3. The van der Waals surface area contributed by atoms with Crippen molar-refractivity contribution >= 4 is 17.9 Å². The second-order valence-electron chi connectivity index (χ2n) is 17.1. The Morgan fingerprint density at radius 3 is 1.02 bits per heavy atom. The first-order valence-corrected chi connectivity index (χ1v) is 25.6. The molecule has 0 aromatic rings. The van der Waals surface area contributed by atoms with Crippen LogP contribution in [0.2, 0.25) is 0 Å². The Morgan fingerprint density at radius 1 is 0.350 bits per heavy atom. The van der Waals surface area contributed by atoms with Crippen molar-refractivity contribution in [2.75, 3.05) is 13.2 Å². The van der Waals surface area contributed by atoms with E-state index in [0.29, 0.717) is 19.3 Å². The number of carbonyl (C=O) groups excluding carboxylic acids is 3. The van der Waals surface area contributed by atoms with E-state index in [4.69, 9.17) is 14.2 Å². The Hall–Kier alpha value is -2.63. The van der Waals surface area contributed by atoms with E-state index in [-0.39, 0.29) is 31.1 Å². The first-order valence-electron chi connectivity index (χ1n) is 25.6. The van der Waals surface area contributed by atoms with Crippen LogP contribution >= 0.6 is 0 Å². The molecule has 0 amide bonds. The van der Waals surface area contributed by atoms with Gasteiger partial charge in [-0.1, -0.05) is 230 Å². The molecule has 60 heavy (non-hydrogen) atoms. The summed E-state index contributed by atoms with van der Waals surface area (Å²) in [6, 6.07) is 0. The molecule has 0 aliphatic carbocycles. The van der Waals surface area contributed by atoms with Gasteiger partial charge in [-0.25, -0.2) is 0 Å². The topological polar surface area (TPSA) is 78.9 Å². The molecule has 6 nitrogen and oxygen atoms in total. The van der Waals surface area contributed by atoms with Crippen LogP contribution in [0.1, 0.15) is 258 Å². The summed E-state index contributed by atoms with van der Waals surface area (Å²) >= 11 is 0. The number of hydrogen-bond acceptors (Lipinski definition) is 6. The molecule has 0 radical (unpaired) electrons. The molecule has 0 bridgehead atoms. The molecule has 0 rings (SSSR count). The predicted octanol–water partition coefficient (Wildman–Crippen LogP) is 16.7. The molecular weight excluding hydrogens is 745 g/mol. The van der Waals surface area contributed by atoms with Crippen molar-refractivity contribution in [1.29, 1.82) is 0 Å². The molecule has 1 atom stereocenters. The van der Waals surface area contributed by atoms with Crippen molar-refractivity contribution in [2.45, 2.75) is 264 Å². The lowest BCUT2D eigenvalue weighted by Gasteiger charge is -2.18. The van der Waals surface area contributed by atoms with Crippen LogP contribution < -0.4 is 0 Å². The lowest BCUT2D eigenvalue weighted by atomic mass is 10.0. The van der Waals surface area contributed by atoms with Crippen molar-refractivity contribution in [3.63, 3.8) is 0 Å². The van der Waals surface area contributed by atoms with E-state index in [2.05, 4.69) is 69.4 Å². The number of ether oxygens (including phenoxy) is 3. The summed E-state index contributed by atoms with van der Waals surface area (Å²) in [7, 11) is 0. The van der Waals surface area contributed by atoms with Crippen LogP contribution in [0.5, 0.6) is 0 Å². The molecule has 348 valence electrons. The number of rotatable bonds is 46. The molecule has 0 saturated heterocycles. The lowest BCUT2D eigenvalue weighted by molar-refractivity contribution is -0.167. The minimum absolute atomic E-state index is 0.0723. The van der Waals surface area contributed by atoms with Crippen LogP contribution in [0.25, 0.3) is 0 Å². The molecule has 0 aliphatic heterocycles. The van der Waals surface area contributed by atoms with Gasteiger partial charge < -0.3 is 14.2 Å². The standard InChI is InChI=1S/C54H96O6/c1-4-7-10-13-16-19-21-23-24-25-26-27-28-29-30-31-33-35-38-41-44-47-53(56)59-50-51(49-58-52(55)46-43-40-37-34-18-15-12-9-6-3)60-54(57)48-45-42-39-36-32-22-20-17-14-11-8-5-2/h7,10,16,19,23-24,26-27,51H,4-6,8-9,11-15,17-18,20-22,25,28-50H2,1-3H3/b10-7-,19-16-,24-23-,27-26-. The molecule has 0 saturated carbocycles. The van der Waals surface area contributed by atoms with Gasteiger partial charge in [-0.2, -0.15) is 0 Å². The molecule has 0 spiro atoms. The van der Waals surface area contributed by atoms with E-state index in [0.717, 1.165) is 89.9 Å². The number of carbonyl (C=O) groups is 3. The average Bonchev–Trinajstić information content (AvgIpc) is 3.24. The van der Waals surface area contributed by atoms with Gasteiger partial charge in [0.25, 0.3) is 0 Å². The maximum absolute atomic E-state index is 12.7. The number of hydrogen-bond donors (Lipinski definition) is 0. The highest BCUT2D eigenvalue weighted by Gasteiger charge is 2.19. The molecule has 0 aromatic carbocycles. The SMILES string of the molecule is CC/C=C\C/C=C\C/C=C\C/C=C\CCCCCCCCCCC(=O)OCC(COC(=O)CCCCCCCCCCC)OC(=O)CCCCCCCCCCCCCC. The van der Waals surface area contributed by atoms with Gasteiger partial charge in [0.1, 0.15) is 13.2 Å². The van der Waals surface area contributed by atoms with E-state index in [9.17, 15) is 14.4 Å². The van der Waals surface area contributed by atoms with Gasteiger partial charge >= 0.3 is 17.9 Å². The van der Waals surface area contributed by atoms with Crippen LogP contribution in [-0.2, 0) is 28.6 Å². The van der Waals surface area contributed by atoms with Crippen molar-refractivity contribution in [1.82, 2.24) is 0 Å². The fourth-order valence-electron chi connectivity index (χ4n) is 7.26. The second-order valence-corrected chi connectivity index (χ2v) is 17.1. The van der Waals surface area contributed by atoms with E-state index < -0.39 is 6.10 Å². The Balaban J connectivity index is 4.26. The van der Waals surface area contributed by atoms with E-state index in [1.54, 1.807) is 0 Å². The highest BCUT2D eigenvalue weighted by Crippen LogP contribution is 2.15. The summed E-state index contributed by atoms with van der Waals surface area (Å²) in [6.07, 6.45) is 58.1. The minimum Gasteiger partial charge on any atom is -0.462 e. The largest absolute Gasteiger partial charge is 0.462 e. The first-order chi connectivity index (χ1) is 29.5. The molecular formula is C54H96O6. The second kappa shape index (κ2) is 49.0. The molecule has 0 heterocycles. The number of allylic oxidation sites excluding steroid dienone is 8. The summed E-state index contributed by atoms with van der Waals surface area (Å²) in [5, 5.41) is 0. The zero-order chi connectivity index (χ0) is 43.7. The Labute approximate surface area is 371 Å². The minimum atomic E-state index is -0.770. The van der Waals surface area contributed by atoms with Crippen LogP contribution in [0.15, 0.2) is 48.6 Å². The van der Waals surface area contributed by atoms with Crippen LogP contribution in [0.4, 0.5) is 0 Å². The van der Waals surface area contributed by atoms with Crippen LogP contribution in [-0.4, -0.2) is 37.2 Å². The molecule has 0 aliphatic rings. The van der Waals surface area contributed by atoms with Crippen molar-refractivity contribution in [2.24, 2.45) is 0 Å². The summed E-state index contributed by atoms with van der Waals surface area (Å²) in [6.45, 7) is 6.51. The Kier molecular flexibility index (Phi) is 46.9. The zero-order valence-electron chi connectivity index (χ0n) is 39.7. The van der Waals surface area contributed by atoms with E-state index in [1.807, 2.05) is 0 Å². The van der Waals surface area contributed by atoms with Gasteiger partial charge in [-0.05, 0) is 57.8 Å². The van der Waals surface area contributed by atoms with Crippen LogP contribution in [0, 0.1) is 0 Å². The number of unbranched alkanes of at least 4 members (excludes halogenated alkanes) is 27. The summed E-state index contributed by atoms with van der Waals surface area (Å²) in [5.41, 5.74) is 0. The van der Waals surface area contributed by atoms with Gasteiger partial charge in [0, 0.05) is 19.3 Å². The monoisotopic (exact) mass is 841 g/mol. The van der Waals surface area contributed by atoms with Gasteiger partial charge in [0.2, 0.25) is 0 Å². The quantitative estimate of drug-likeness (QED) is 0.0263. The summed E-state index contributed by atoms with van der Waals surface area (Å²) < 4.78 is 16.8. The smallest absolute Gasteiger partial charge is 0.306 e. The first kappa shape index (κ1) is 57.4. The fourth-order valence-corrected chi connectivity index (χ4v) is 7.26. The van der Waals surface area contributed by atoms with Gasteiger partial charge in [-0.3, -0.25) is 14.4 Å². The van der Waals surface area contributed by atoms with Crippen molar-refractivity contribution in [3.8, 4) is 0 Å². The highest BCUT2D eigenvalue weighted by molar-refractivity contribution is 5.71. The normalized spacial score (nSPS) is 12.4. The average molecular weight is 841 g/mol. The summed E-state index contributed by atoms with van der Waals surface area (Å²) in [4.78, 5) is 37.8. The third-order valence-corrected chi connectivity index (χ3v) is 11.1. The predicted molar refractivity (Wildman–Crippen MR) is 256 cm³/mol. The molecule has 0 N–H and O–H groups in total. The van der Waals surface area contributed by atoms with Gasteiger partial charge in [0.05, 0.1) is 0 Å². The van der Waals surface area contributed by atoms with Gasteiger partial charge in [0.15, 0.2) is 6.10 Å². The Morgan fingerprint density at radius 2 is 0.650 bits per heavy atom. The van der Waals surface area contributed by atoms with E-state index in [1.165, 1.54) is 128 Å². The Bertz CT molecular complexity index is 1060. The fraction of sp³-hybridized carbons (Fsp3) is 0.796. The van der Waals surface area contributed by atoms with E-state index >= 15 is 0 Å². The maximum Gasteiger partial charge on any atom is 0.306 e. The third kappa shape index (κ3) is 46.4. The maximum atomic E-state index is 12.7. The highest BCUT2D eigenvalue weighted by atomic mass is 16.6. The third-order valence-electron chi connectivity index (χ3n) is 11.1. The van der Waals surface area contributed by atoms with Crippen molar-refractivity contribution in [3.05, 3.63) is 48.6 Å². The van der Waals surface area contributed by atoms with Crippen LogP contribution in [0.3, 0.4) is 0 Å². The molecule has 1 unspecified atom stereocenters. The lowest BCUT2D eigenvalue weighted by Crippen LogP contribution is -2.30. The molecule has 0 fully saturated rings. The zero-order valence-corrected chi connectivity index (χ0v) is 39.7. The summed E-state index contributed by atoms with van der Waals surface area (Å²) in [5.74, 6) is -0.876.